The number of allylic oxidation sites excluding steroid dienone is 1. The van der Waals surface area contributed by atoms with E-state index in [0.29, 0.717) is 29.2 Å². The summed E-state index contributed by atoms with van der Waals surface area (Å²) in [7, 11) is 1.33. The van der Waals surface area contributed by atoms with E-state index in [1.54, 1.807) is 48.5 Å². The minimum absolute atomic E-state index is 0.188. The Labute approximate surface area is 174 Å². The lowest BCUT2D eigenvalue weighted by atomic mass is 10.1. The number of aryl methyl sites for hydroxylation is 1. The van der Waals surface area contributed by atoms with E-state index in [0.717, 1.165) is 16.7 Å². The molecule has 1 aliphatic heterocycles. The van der Waals surface area contributed by atoms with Crippen molar-refractivity contribution in [3.05, 3.63) is 100 Å². The number of esters is 1. The van der Waals surface area contributed by atoms with Crippen molar-refractivity contribution in [2.45, 2.75) is 13.5 Å². The van der Waals surface area contributed by atoms with Gasteiger partial charge in [-0.25, -0.2) is 4.79 Å². The van der Waals surface area contributed by atoms with E-state index in [1.165, 1.54) is 7.11 Å². The van der Waals surface area contributed by atoms with Crippen molar-refractivity contribution in [1.82, 2.24) is 0 Å². The number of carbonyl (C=O) groups is 2. The summed E-state index contributed by atoms with van der Waals surface area (Å²) in [5, 5.41) is 0. The number of ether oxygens (including phenoxy) is 3. The Balaban J connectivity index is 1.49. The number of hydrogen-bond donors (Lipinski definition) is 0. The molecule has 0 aromatic heterocycles. The van der Waals surface area contributed by atoms with Crippen LogP contribution in [-0.4, -0.2) is 18.9 Å². The molecular formula is C25H20O5. The number of methoxy groups -OCH3 is 1. The second kappa shape index (κ2) is 8.25. The molecule has 0 radical (unpaired) electrons. The first-order valence-electron chi connectivity index (χ1n) is 9.49. The Morgan fingerprint density at radius 2 is 1.80 bits per heavy atom. The van der Waals surface area contributed by atoms with Gasteiger partial charge in [0.05, 0.1) is 18.2 Å². The van der Waals surface area contributed by atoms with Crippen LogP contribution in [0.3, 0.4) is 0 Å². The third kappa shape index (κ3) is 3.96. The molecule has 5 nitrogen and oxygen atoms in total. The van der Waals surface area contributed by atoms with Gasteiger partial charge in [-0.1, -0.05) is 36.4 Å². The standard InChI is InChI=1S/C25H20O5/c1-16-5-3-4-6-19(16)15-29-20-11-12-21-22(14-20)30-23(24(21)26)13-17-7-9-18(10-8-17)25(27)28-2/h3-14H,15H2,1-2H3/b23-13-. The third-order valence-electron chi connectivity index (χ3n) is 4.93. The molecule has 150 valence electrons. The van der Waals surface area contributed by atoms with Gasteiger partial charge >= 0.3 is 5.97 Å². The minimum atomic E-state index is -0.409. The molecule has 0 saturated heterocycles. The van der Waals surface area contributed by atoms with Crippen molar-refractivity contribution < 1.29 is 23.8 Å². The van der Waals surface area contributed by atoms with Gasteiger partial charge < -0.3 is 14.2 Å². The monoisotopic (exact) mass is 400 g/mol. The SMILES string of the molecule is COC(=O)c1ccc(/C=C2\Oc3cc(OCc4ccccc4C)ccc3C2=O)cc1. The zero-order valence-electron chi connectivity index (χ0n) is 16.7. The van der Waals surface area contributed by atoms with Crippen molar-refractivity contribution in [3.8, 4) is 11.5 Å². The van der Waals surface area contributed by atoms with E-state index in [4.69, 9.17) is 9.47 Å². The molecule has 0 N–H and O–H groups in total. The molecule has 0 amide bonds. The van der Waals surface area contributed by atoms with E-state index < -0.39 is 5.97 Å². The Hall–Kier alpha value is -3.86. The summed E-state index contributed by atoms with van der Waals surface area (Å²) in [6.07, 6.45) is 1.65. The largest absolute Gasteiger partial charge is 0.489 e. The molecule has 4 rings (SSSR count). The van der Waals surface area contributed by atoms with Crippen LogP contribution in [0.2, 0.25) is 0 Å². The fraction of sp³-hybridized carbons (Fsp3) is 0.120. The zero-order valence-corrected chi connectivity index (χ0v) is 16.7. The maximum atomic E-state index is 12.6. The molecule has 1 heterocycles. The summed E-state index contributed by atoms with van der Waals surface area (Å²) in [4.78, 5) is 24.2. The van der Waals surface area contributed by atoms with Crippen molar-refractivity contribution in [2.24, 2.45) is 0 Å². The molecule has 3 aromatic carbocycles. The van der Waals surface area contributed by atoms with Gasteiger partial charge in [-0.05, 0) is 54.0 Å². The zero-order chi connectivity index (χ0) is 21.1. The van der Waals surface area contributed by atoms with Gasteiger partial charge in [0.2, 0.25) is 5.78 Å². The molecule has 3 aromatic rings. The smallest absolute Gasteiger partial charge is 0.337 e. The summed E-state index contributed by atoms with van der Waals surface area (Å²) in [6, 6.07) is 20.0. The predicted octanol–water partition coefficient (Wildman–Crippen LogP) is 4.98. The van der Waals surface area contributed by atoms with E-state index in [1.807, 2.05) is 31.2 Å². The topological polar surface area (TPSA) is 61.8 Å². The van der Waals surface area contributed by atoms with Crippen LogP contribution >= 0.6 is 0 Å². The number of carbonyl (C=O) groups excluding carboxylic acids is 2. The van der Waals surface area contributed by atoms with E-state index in [9.17, 15) is 9.59 Å². The van der Waals surface area contributed by atoms with Crippen molar-refractivity contribution in [3.63, 3.8) is 0 Å². The molecule has 0 saturated carbocycles. The summed E-state index contributed by atoms with van der Waals surface area (Å²) < 4.78 is 16.3. The van der Waals surface area contributed by atoms with E-state index in [2.05, 4.69) is 4.74 Å². The lowest BCUT2D eigenvalue weighted by Gasteiger charge is -2.09. The van der Waals surface area contributed by atoms with Crippen molar-refractivity contribution in [1.29, 1.82) is 0 Å². The highest BCUT2D eigenvalue weighted by Crippen LogP contribution is 2.35. The van der Waals surface area contributed by atoms with Gasteiger partial charge in [-0.3, -0.25) is 4.79 Å². The highest BCUT2D eigenvalue weighted by Gasteiger charge is 2.27. The Bertz CT molecular complexity index is 1140. The van der Waals surface area contributed by atoms with Crippen LogP contribution in [0, 0.1) is 6.92 Å². The summed E-state index contributed by atoms with van der Waals surface area (Å²) in [6.45, 7) is 2.48. The predicted molar refractivity (Wildman–Crippen MR) is 113 cm³/mol. The number of ketones is 1. The highest BCUT2D eigenvalue weighted by molar-refractivity contribution is 6.14. The average molecular weight is 400 g/mol. The maximum absolute atomic E-state index is 12.6. The number of fused-ring (bicyclic) bond motifs is 1. The Morgan fingerprint density at radius 3 is 2.53 bits per heavy atom. The normalized spacial score (nSPS) is 13.7. The fourth-order valence-corrected chi connectivity index (χ4v) is 3.17. The first-order chi connectivity index (χ1) is 14.5. The summed E-state index contributed by atoms with van der Waals surface area (Å²) in [5.41, 5.74) is 3.95. The molecule has 0 aliphatic carbocycles. The van der Waals surface area contributed by atoms with Gasteiger partial charge in [-0.2, -0.15) is 0 Å². The molecule has 0 fully saturated rings. The number of Topliss-reactive ketones (excluding diaryl/α,β-unsaturated/α-hetero) is 1. The van der Waals surface area contributed by atoms with Crippen LogP contribution in [-0.2, 0) is 11.3 Å². The van der Waals surface area contributed by atoms with Gasteiger partial charge in [0.25, 0.3) is 0 Å². The molecule has 0 bridgehead atoms. The van der Waals surface area contributed by atoms with Crippen molar-refractivity contribution >= 4 is 17.8 Å². The molecule has 1 aliphatic rings. The number of benzene rings is 3. The molecule has 0 atom stereocenters. The lowest BCUT2D eigenvalue weighted by Crippen LogP contribution is -2.01. The minimum Gasteiger partial charge on any atom is -0.489 e. The van der Waals surface area contributed by atoms with Crippen LogP contribution in [0.4, 0.5) is 0 Å². The van der Waals surface area contributed by atoms with Gasteiger partial charge in [0.15, 0.2) is 5.76 Å². The molecular weight excluding hydrogens is 380 g/mol. The Morgan fingerprint density at radius 1 is 1.03 bits per heavy atom. The van der Waals surface area contributed by atoms with Crippen molar-refractivity contribution in [2.75, 3.05) is 7.11 Å². The molecule has 30 heavy (non-hydrogen) atoms. The first-order valence-corrected chi connectivity index (χ1v) is 9.49. The number of rotatable bonds is 5. The Kier molecular flexibility index (Phi) is 5.35. The fourth-order valence-electron chi connectivity index (χ4n) is 3.17. The van der Waals surface area contributed by atoms with Crippen LogP contribution < -0.4 is 9.47 Å². The second-order valence-corrected chi connectivity index (χ2v) is 6.93. The van der Waals surface area contributed by atoms with Gasteiger partial charge in [0, 0.05) is 6.07 Å². The second-order valence-electron chi connectivity index (χ2n) is 6.93. The summed E-state index contributed by atoms with van der Waals surface area (Å²) in [5.74, 6) is 0.737. The van der Waals surface area contributed by atoms with Crippen LogP contribution in [0.25, 0.3) is 6.08 Å². The number of hydrogen-bond acceptors (Lipinski definition) is 5. The average Bonchev–Trinajstić information content (AvgIpc) is 3.07. The van der Waals surface area contributed by atoms with Gasteiger partial charge in [0.1, 0.15) is 18.1 Å². The van der Waals surface area contributed by atoms with E-state index in [-0.39, 0.29) is 11.5 Å². The van der Waals surface area contributed by atoms with Gasteiger partial charge in [-0.15, -0.1) is 0 Å². The molecule has 5 heteroatoms. The maximum Gasteiger partial charge on any atom is 0.337 e. The summed E-state index contributed by atoms with van der Waals surface area (Å²) >= 11 is 0. The van der Waals surface area contributed by atoms with E-state index >= 15 is 0 Å². The van der Waals surface area contributed by atoms with Crippen LogP contribution in [0.1, 0.15) is 37.4 Å². The molecule has 0 unspecified atom stereocenters. The molecule has 0 spiro atoms. The highest BCUT2D eigenvalue weighted by atomic mass is 16.5. The lowest BCUT2D eigenvalue weighted by molar-refractivity contribution is 0.0600. The first kappa shape index (κ1) is 19.5. The van der Waals surface area contributed by atoms with Crippen LogP contribution in [0.15, 0.2) is 72.5 Å². The third-order valence-corrected chi connectivity index (χ3v) is 4.93. The quantitative estimate of drug-likeness (QED) is 0.447. The van der Waals surface area contributed by atoms with Crippen LogP contribution in [0.5, 0.6) is 11.5 Å².